The van der Waals surface area contributed by atoms with Crippen LogP contribution in [0.2, 0.25) is 12.1 Å². The normalized spacial score (nSPS) is 12.5. The van der Waals surface area contributed by atoms with E-state index in [4.69, 9.17) is 8.85 Å². The lowest BCUT2D eigenvalue weighted by Crippen LogP contribution is -2.41. The van der Waals surface area contributed by atoms with Gasteiger partial charge >= 0.3 is 8.56 Å². The Labute approximate surface area is 109 Å². The predicted molar refractivity (Wildman–Crippen MR) is 77.6 cm³/mol. The molecule has 0 aromatic carbocycles. The van der Waals surface area contributed by atoms with E-state index in [2.05, 4.69) is 39.8 Å². The van der Waals surface area contributed by atoms with Gasteiger partial charge in [-0.3, -0.25) is 0 Å². The zero-order chi connectivity index (χ0) is 13.0. The first kappa shape index (κ1) is 16.9. The van der Waals surface area contributed by atoms with Gasteiger partial charge in [-0.1, -0.05) is 38.8 Å². The van der Waals surface area contributed by atoms with E-state index in [1.54, 1.807) is 0 Å². The third-order valence-electron chi connectivity index (χ3n) is 2.94. The minimum Gasteiger partial charge on any atom is -0.394 e. The molecule has 0 aromatic rings. The van der Waals surface area contributed by atoms with Crippen LogP contribution in [0.15, 0.2) is 12.2 Å². The summed E-state index contributed by atoms with van der Waals surface area (Å²) in [6.45, 7) is 10.1. The van der Waals surface area contributed by atoms with Crippen LogP contribution in [0.25, 0.3) is 0 Å². The molecule has 0 aliphatic rings. The third kappa shape index (κ3) is 7.74. The molecule has 0 rings (SSSR count). The van der Waals surface area contributed by atoms with Crippen molar-refractivity contribution in [2.24, 2.45) is 0 Å². The lowest BCUT2D eigenvalue weighted by molar-refractivity contribution is 0.183. The van der Waals surface area contributed by atoms with E-state index in [1.165, 1.54) is 19.3 Å². The first-order valence-electron chi connectivity index (χ1n) is 7.17. The van der Waals surface area contributed by atoms with Gasteiger partial charge in [-0.25, -0.2) is 0 Å². The highest BCUT2D eigenvalue weighted by molar-refractivity contribution is 6.67. The Morgan fingerprint density at radius 3 is 1.94 bits per heavy atom. The van der Waals surface area contributed by atoms with Gasteiger partial charge in [0, 0.05) is 13.2 Å². The average molecular weight is 258 g/mol. The smallest absolute Gasteiger partial charge is 0.338 e. The molecule has 0 atom stereocenters. The molecule has 0 unspecified atom stereocenters. The van der Waals surface area contributed by atoms with Crippen molar-refractivity contribution in [2.75, 3.05) is 13.2 Å². The summed E-state index contributed by atoms with van der Waals surface area (Å²) in [6, 6.07) is 2.14. The second-order valence-corrected chi connectivity index (χ2v) is 7.89. The molecule has 17 heavy (non-hydrogen) atoms. The van der Waals surface area contributed by atoms with Crippen molar-refractivity contribution in [2.45, 2.75) is 65.5 Å². The summed E-state index contributed by atoms with van der Waals surface area (Å²) < 4.78 is 11.9. The summed E-state index contributed by atoms with van der Waals surface area (Å²) >= 11 is 0. The van der Waals surface area contributed by atoms with Crippen LogP contribution < -0.4 is 0 Å². The molecule has 2 nitrogen and oxygen atoms in total. The highest BCUT2D eigenvalue weighted by Gasteiger charge is 2.33. The van der Waals surface area contributed by atoms with Crippen molar-refractivity contribution in [3.05, 3.63) is 12.2 Å². The van der Waals surface area contributed by atoms with Gasteiger partial charge in [0.2, 0.25) is 0 Å². The zero-order valence-electron chi connectivity index (χ0n) is 12.1. The standard InChI is InChI=1S/C14H30O2Si/c1-5-9-10-11-12-13-14-17(8-4,15-6-2)16-7-3/h11-12H,5-10,13-14H2,1-4H3. The molecule has 0 aliphatic carbocycles. The highest BCUT2D eigenvalue weighted by Crippen LogP contribution is 2.21. The van der Waals surface area contributed by atoms with Crippen LogP contribution in [0.4, 0.5) is 0 Å². The summed E-state index contributed by atoms with van der Waals surface area (Å²) in [5.74, 6) is 0. The van der Waals surface area contributed by atoms with Crippen LogP contribution in [0, 0.1) is 0 Å². The Morgan fingerprint density at radius 1 is 0.882 bits per heavy atom. The van der Waals surface area contributed by atoms with Gasteiger partial charge in [0.25, 0.3) is 0 Å². The lowest BCUT2D eigenvalue weighted by atomic mass is 10.2. The molecular formula is C14H30O2Si. The van der Waals surface area contributed by atoms with Gasteiger partial charge in [-0.05, 0) is 38.8 Å². The molecule has 0 fully saturated rings. The van der Waals surface area contributed by atoms with Crippen molar-refractivity contribution >= 4 is 8.56 Å². The predicted octanol–water partition coefficient (Wildman–Crippen LogP) is 4.66. The second kappa shape index (κ2) is 11.0. The molecule has 0 bridgehead atoms. The van der Waals surface area contributed by atoms with Crippen molar-refractivity contribution in [1.82, 2.24) is 0 Å². The number of hydrogen-bond donors (Lipinski definition) is 0. The van der Waals surface area contributed by atoms with E-state index in [0.717, 1.165) is 31.7 Å². The van der Waals surface area contributed by atoms with E-state index < -0.39 is 8.56 Å². The summed E-state index contributed by atoms with van der Waals surface area (Å²) in [5, 5.41) is 0. The fourth-order valence-electron chi connectivity index (χ4n) is 1.95. The fraction of sp³-hybridized carbons (Fsp3) is 0.857. The SMILES string of the molecule is CCCCC=CCC[Si](CC)(OCC)OCC. The molecule has 0 radical (unpaired) electrons. The molecule has 102 valence electrons. The average Bonchev–Trinajstić information content (AvgIpc) is 2.34. The van der Waals surface area contributed by atoms with E-state index in [0.29, 0.717) is 0 Å². The van der Waals surface area contributed by atoms with Crippen LogP contribution in [0.1, 0.15) is 53.4 Å². The van der Waals surface area contributed by atoms with Crippen LogP contribution in [0.3, 0.4) is 0 Å². The summed E-state index contributed by atoms with van der Waals surface area (Å²) in [6.07, 6.45) is 9.48. The Balaban J connectivity index is 4.01. The number of rotatable bonds is 11. The van der Waals surface area contributed by atoms with E-state index in [9.17, 15) is 0 Å². The highest BCUT2D eigenvalue weighted by atomic mass is 28.4. The Kier molecular flexibility index (Phi) is 10.9. The van der Waals surface area contributed by atoms with Crippen molar-refractivity contribution in [3.8, 4) is 0 Å². The van der Waals surface area contributed by atoms with Crippen LogP contribution >= 0.6 is 0 Å². The number of allylic oxidation sites excluding steroid dienone is 2. The number of hydrogen-bond acceptors (Lipinski definition) is 2. The van der Waals surface area contributed by atoms with Gasteiger partial charge in [-0.15, -0.1) is 0 Å². The molecular weight excluding hydrogens is 228 g/mol. The van der Waals surface area contributed by atoms with Gasteiger partial charge in [0.15, 0.2) is 0 Å². The largest absolute Gasteiger partial charge is 0.394 e. The Bertz CT molecular complexity index is 187. The second-order valence-electron chi connectivity index (χ2n) is 4.28. The maximum absolute atomic E-state index is 5.93. The summed E-state index contributed by atoms with van der Waals surface area (Å²) in [5.41, 5.74) is 0. The van der Waals surface area contributed by atoms with Crippen LogP contribution in [0.5, 0.6) is 0 Å². The van der Waals surface area contributed by atoms with Gasteiger partial charge in [0.05, 0.1) is 0 Å². The van der Waals surface area contributed by atoms with Crippen molar-refractivity contribution in [3.63, 3.8) is 0 Å². The molecule has 0 amide bonds. The topological polar surface area (TPSA) is 18.5 Å². The minimum absolute atomic E-state index is 0.777. The van der Waals surface area contributed by atoms with E-state index in [-0.39, 0.29) is 0 Å². The molecule has 0 heterocycles. The monoisotopic (exact) mass is 258 g/mol. The molecule has 0 saturated carbocycles. The molecule has 0 N–H and O–H groups in total. The maximum atomic E-state index is 5.93. The Hall–Kier alpha value is -0.123. The Morgan fingerprint density at radius 2 is 1.47 bits per heavy atom. The summed E-state index contributed by atoms with van der Waals surface area (Å²) in [7, 11) is -1.89. The van der Waals surface area contributed by atoms with Crippen LogP contribution in [-0.4, -0.2) is 21.8 Å². The van der Waals surface area contributed by atoms with Gasteiger partial charge < -0.3 is 8.85 Å². The molecule has 0 saturated heterocycles. The van der Waals surface area contributed by atoms with E-state index in [1.807, 2.05) is 0 Å². The molecule has 0 aromatic heterocycles. The number of unbranched alkanes of at least 4 members (excludes halogenated alkanes) is 2. The molecule has 0 aliphatic heterocycles. The van der Waals surface area contributed by atoms with Gasteiger partial charge in [0.1, 0.15) is 0 Å². The zero-order valence-corrected chi connectivity index (χ0v) is 13.1. The van der Waals surface area contributed by atoms with Crippen molar-refractivity contribution in [1.29, 1.82) is 0 Å². The molecule has 0 spiro atoms. The first-order valence-corrected chi connectivity index (χ1v) is 9.40. The minimum atomic E-state index is -1.89. The maximum Gasteiger partial charge on any atom is 0.338 e. The van der Waals surface area contributed by atoms with Gasteiger partial charge in [-0.2, -0.15) is 0 Å². The molecule has 3 heteroatoms. The lowest BCUT2D eigenvalue weighted by Gasteiger charge is -2.28. The fourth-order valence-corrected chi connectivity index (χ4v) is 4.75. The summed E-state index contributed by atoms with van der Waals surface area (Å²) in [4.78, 5) is 0. The first-order chi connectivity index (χ1) is 8.24. The quantitative estimate of drug-likeness (QED) is 0.305. The van der Waals surface area contributed by atoms with Crippen molar-refractivity contribution < 1.29 is 8.85 Å². The van der Waals surface area contributed by atoms with Crippen LogP contribution in [-0.2, 0) is 8.85 Å². The van der Waals surface area contributed by atoms with E-state index >= 15 is 0 Å². The third-order valence-corrected chi connectivity index (χ3v) is 6.69.